The van der Waals surface area contributed by atoms with Crippen LogP contribution in [0.4, 0.5) is 0 Å². The summed E-state index contributed by atoms with van der Waals surface area (Å²) >= 11 is 0. The molecular weight excluding hydrogens is 150 g/mol. The van der Waals surface area contributed by atoms with Crippen LogP contribution in [0.15, 0.2) is 0 Å². The van der Waals surface area contributed by atoms with E-state index in [-0.39, 0.29) is 12.4 Å². The van der Waals surface area contributed by atoms with Crippen molar-refractivity contribution in [2.75, 3.05) is 33.3 Å². The Kier molecular flexibility index (Phi) is 4.25. The maximum atomic E-state index is 8.68. The van der Waals surface area contributed by atoms with E-state index in [4.69, 9.17) is 5.11 Å². The topological polar surface area (TPSA) is 20.2 Å². The van der Waals surface area contributed by atoms with Crippen molar-refractivity contribution in [2.45, 2.75) is 12.8 Å². The highest BCUT2D eigenvalue weighted by molar-refractivity contribution is 4.50. The summed E-state index contributed by atoms with van der Waals surface area (Å²) in [6.07, 6.45) is 2.69. The smallest absolute Gasteiger partial charge is 0.102 e. The molecule has 0 saturated carbocycles. The van der Waals surface area contributed by atoms with E-state index in [9.17, 15) is 0 Å². The molecule has 3 heteroatoms. The van der Waals surface area contributed by atoms with Crippen molar-refractivity contribution < 1.29 is 22.0 Å². The van der Waals surface area contributed by atoms with Gasteiger partial charge >= 0.3 is 0 Å². The Balaban J connectivity index is 0.000000810. The van der Waals surface area contributed by atoms with E-state index in [2.05, 4.69) is 7.05 Å². The number of likely N-dealkylation sites (N-methyl/N-ethyl adjacent to an activating group) is 1. The lowest BCUT2D eigenvalue weighted by atomic mass is 10.4. The van der Waals surface area contributed by atoms with Gasteiger partial charge in [0.1, 0.15) is 6.54 Å². The average molecular weight is 166 g/mol. The molecule has 2 nitrogen and oxygen atoms in total. The molecule has 1 aliphatic rings. The van der Waals surface area contributed by atoms with Crippen molar-refractivity contribution in [1.82, 2.24) is 0 Å². The van der Waals surface area contributed by atoms with Crippen molar-refractivity contribution in [2.24, 2.45) is 0 Å². The summed E-state index contributed by atoms with van der Waals surface area (Å²) in [6, 6.07) is 0. The maximum Gasteiger partial charge on any atom is 0.102 e. The van der Waals surface area contributed by atoms with Crippen molar-refractivity contribution in [1.29, 1.82) is 0 Å². The molecule has 0 aliphatic carbocycles. The lowest BCUT2D eigenvalue weighted by Gasteiger charge is -2.27. The van der Waals surface area contributed by atoms with Crippen LogP contribution < -0.4 is 12.4 Å². The quantitative estimate of drug-likeness (QED) is 0.439. The zero-order chi connectivity index (χ0) is 6.74. The fraction of sp³-hybridized carbons (Fsp3) is 1.00. The Hall–Kier alpha value is 0.210. The van der Waals surface area contributed by atoms with Crippen LogP contribution in [0.5, 0.6) is 0 Å². The molecule has 0 spiro atoms. The van der Waals surface area contributed by atoms with Gasteiger partial charge in [0, 0.05) is 12.8 Å². The summed E-state index contributed by atoms with van der Waals surface area (Å²) in [5.74, 6) is 0. The Morgan fingerprint density at radius 2 is 1.80 bits per heavy atom. The molecule has 0 aromatic carbocycles. The Bertz CT molecular complexity index is 91.6. The first-order chi connectivity index (χ1) is 4.27. The van der Waals surface area contributed by atoms with Gasteiger partial charge in [-0.05, 0) is 0 Å². The number of nitrogens with zero attached hydrogens (tertiary/aromatic N) is 1. The lowest BCUT2D eigenvalue weighted by Crippen LogP contribution is -3.00. The van der Waals surface area contributed by atoms with Gasteiger partial charge in [0.25, 0.3) is 0 Å². The van der Waals surface area contributed by atoms with Crippen molar-refractivity contribution >= 4 is 0 Å². The van der Waals surface area contributed by atoms with E-state index < -0.39 is 0 Å². The molecule has 0 radical (unpaired) electrons. The molecule has 1 aliphatic heterocycles. The number of aliphatic hydroxyl groups is 1. The number of aliphatic hydroxyl groups excluding tert-OH is 1. The number of hydrogen-bond acceptors (Lipinski definition) is 1. The summed E-state index contributed by atoms with van der Waals surface area (Å²) in [6.45, 7) is 3.82. The second-order valence-corrected chi connectivity index (χ2v) is 3.22. The van der Waals surface area contributed by atoms with Gasteiger partial charge in [-0.1, -0.05) is 0 Å². The van der Waals surface area contributed by atoms with E-state index in [0.29, 0.717) is 6.61 Å². The molecule has 0 aromatic rings. The van der Waals surface area contributed by atoms with Gasteiger partial charge in [-0.25, -0.2) is 0 Å². The molecular formula is C7H16ClNO. The van der Waals surface area contributed by atoms with E-state index >= 15 is 0 Å². The van der Waals surface area contributed by atoms with Gasteiger partial charge in [0.05, 0.1) is 26.7 Å². The minimum Gasteiger partial charge on any atom is -1.00 e. The minimum absolute atomic E-state index is 0. The zero-order valence-electron chi connectivity index (χ0n) is 6.52. The second-order valence-electron chi connectivity index (χ2n) is 3.22. The first-order valence-electron chi connectivity index (χ1n) is 3.71. The number of likely N-dealkylation sites (tertiary alicyclic amines) is 1. The zero-order valence-corrected chi connectivity index (χ0v) is 7.27. The summed E-state index contributed by atoms with van der Waals surface area (Å²) in [7, 11) is 2.23. The van der Waals surface area contributed by atoms with Gasteiger partial charge in [0.2, 0.25) is 0 Å². The highest BCUT2D eigenvalue weighted by atomic mass is 35.5. The predicted molar refractivity (Wildman–Crippen MR) is 37.1 cm³/mol. The summed E-state index contributed by atoms with van der Waals surface area (Å²) in [5.41, 5.74) is 0. The van der Waals surface area contributed by atoms with Crippen molar-refractivity contribution in [3.63, 3.8) is 0 Å². The number of hydrogen-bond donors (Lipinski definition) is 1. The van der Waals surface area contributed by atoms with E-state index in [1.54, 1.807) is 0 Å². The minimum atomic E-state index is 0. The molecule has 0 unspecified atom stereocenters. The predicted octanol–water partition coefficient (Wildman–Crippen LogP) is -2.78. The van der Waals surface area contributed by atoms with Gasteiger partial charge in [0.15, 0.2) is 0 Å². The molecule has 1 heterocycles. The molecule has 1 rings (SSSR count). The normalized spacial score (nSPS) is 22.2. The van der Waals surface area contributed by atoms with Crippen molar-refractivity contribution in [3.8, 4) is 0 Å². The van der Waals surface area contributed by atoms with E-state index in [1.807, 2.05) is 0 Å². The second kappa shape index (κ2) is 4.16. The first kappa shape index (κ1) is 10.2. The van der Waals surface area contributed by atoms with Gasteiger partial charge in [-0.15, -0.1) is 0 Å². The summed E-state index contributed by atoms with van der Waals surface area (Å²) < 4.78 is 1.09. The number of quaternary nitrogens is 1. The summed E-state index contributed by atoms with van der Waals surface area (Å²) in [4.78, 5) is 0. The van der Waals surface area contributed by atoms with Crippen LogP contribution >= 0.6 is 0 Å². The molecule has 1 saturated heterocycles. The third-order valence-corrected chi connectivity index (χ3v) is 2.29. The highest BCUT2D eigenvalue weighted by Crippen LogP contribution is 2.14. The third kappa shape index (κ3) is 2.45. The molecule has 1 fully saturated rings. The monoisotopic (exact) mass is 165 g/mol. The van der Waals surface area contributed by atoms with Crippen LogP contribution in [0, 0.1) is 0 Å². The maximum absolute atomic E-state index is 8.68. The largest absolute Gasteiger partial charge is 1.00 e. The van der Waals surface area contributed by atoms with Crippen LogP contribution in [0.3, 0.4) is 0 Å². The van der Waals surface area contributed by atoms with Crippen LogP contribution in [-0.2, 0) is 0 Å². The van der Waals surface area contributed by atoms with Gasteiger partial charge < -0.3 is 22.0 Å². The van der Waals surface area contributed by atoms with E-state index in [0.717, 1.165) is 11.0 Å². The number of rotatable bonds is 2. The van der Waals surface area contributed by atoms with Crippen LogP contribution in [0.1, 0.15) is 12.8 Å². The van der Waals surface area contributed by atoms with Gasteiger partial charge in [-0.3, -0.25) is 0 Å². The van der Waals surface area contributed by atoms with Crippen molar-refractivity contribution in [3.05, 3.63) is 0 Å². The molecule has 0 aromatic heterocycles. The van der Waals surface area contributed by atoms with Crippen LogP contribution in [0.2, 0.25) is 0 Å². The molecule has 10 heavy (non-hydrogen) atoms. The van der Waals surface area contributed by atoms with E-state index in [1.165, 1.54) is 25.9 Å². The Morgan fingerprint density at radius 1 is 1.30 bits per heavy atom. The average Bonchev–Trinajstić information content (AvgIpc) is 2.16. The van der Waals surface area contributed by atoms with Crippen LogP contribution in [-0.4, -0.2) is 42.9 Å². The fourth-order valence-corrected chi connectivity index (χ4v) is 1.56. The number of halogens is 1. The highest BCUT2D eigenvalue weighted by Gasteiger charge is 2.25. The standard InChI is InChI=1S/C7H16NO.ClH/c1-8(6-7-9)4-2-3-5-8;/h9H,2-7H2,1H3;1H/q+1;/p-1. The molecule has 62 valence electrons. The first-order valence-corrected chi connectivity index (χ1v) is 3.71. The molecule has 0 amide bonds. The SMILES string of the molecule is C[N+]1(CCO)CCCC1.[Cl-]. The molecule has 1 N–H and O–H groups in total. The van der Waals surface area contributed by atoms with Gasteiger partial charge in [-0.2, -0.15) is 0 Å². The lowest BCUT2D eigenvalue weighted by molar-refractivity contribution is -0.897. The summed E-state index contributed by atoms with van der Waals surface area (Å²) in [5, 5.41) is 8.68. The third-order valence-electron chi connectivity index (χ3n) is 2.29. The van der Waals surface area contributed by atoms with Crippen LogP contribution in [0.25, 0.3) is 0 Å². The molecule has 0 atom stereocenters. The molecule has 0 bridgehead atoms. The Morgan fingerprint density at radius 3 is 2.20 bits per heavy atom. The fourth-order valence-electron chi connectivity index (χ4n) is 1.56. The Labute approximate surface area is 68.8 Å².